The number of fused-ring (bicyclic) bond motifs is 1. The molecule has 1 N–H and O–H groups in total. The van der Waals surface area contributed by atoms with Gasteiger partial charge in [0.2, 0.25) is 0 Å². The zero-order valence-corrected chi connectivity index (χ0v) is 16.6. The Labute approximate surface area is 168 Å². The molecule has 3 aromatic rings. The number of hydrogen-bond acceptors (Lipinski definition) is 4. The molecule has 0 atom stereocenters. The molecular weight excluding hydrogens is 366 g/mol. The molecule has 1 amide bonds. The number of carbonyl (C=O) groups is 1. The van der Waals surface area contributed by atoms with Gasteiger partial charge < -0.3 is 0 Å². The third-order valence-corrected chi connectivity index (χ3v) is 4.62. The lowest BCUT2D eigenvalue weighted by Crippen LogP contribution is -2.11. The number of hydrogen-bond donors (Lipinski definition) is 1. The molecule has 28 heavy (non-hydrogen) atoms. The number of aromatic nitrogens is 2. The van der Waals surface area contributed by atoms with Crippen molar-refractivity contribution in [1.29, 1.82) is 0 Å². The van der Waals surface area contributed by atoms with E-state index in [1.165, 1.54) is 11.3 Å². The number of carbonyl (C=O) groups excluding carboxylic acids is 1. The van der Waals surface area contributed by atoms with E-state index in [9.17, 15) is 4.79 Å². The highest BCUT2D eigenvalue weighted by molar-refractivity contribution is 7.14. The summed E-state index contributed by atoms with van der Waals surface area (Å²) in [5.41, 5.74) is 6.34. The fourth-order valence-corrected chi connectivity index (χ4v) is 3.17. The van der Waals surface area contributed by atoms with Crippen molar-refractivity contribution in [3.8, 4) is 0 Å². The Hall–Kier alpha value is -3.45. The van der Waals surface area contributed by atoms with Crippen molar-refractivity contribution < 1.29 is 4.79 Å². The number of allylic oxidation sites excluding steroid dienone is 5. The number of nitrogens with one attached hydrogen (secondary N) is 1. The third kappa shape index (κ3) is 4.63. The first-order valence-corrected chi connectivity index (χ1v) is 9.70. The number of thiazole rings is 1. The Bertz CT molecular complexity index is 1120. The summed E-state index contributed by atoms with van der Waals surface area (Å²) in [7, 11) is 0. The summed E-state index contributed by atoms with van der Waals surface area (Å²) >= 11 is 1.36. The number of rotatable bonds is 6. The van der Waals surface area contributed by atoms with E-state index in [0.717, 1.165) is 28.8 Å². The van der Waals surface area contributed by atoms with Gasteiger partial charge in [0, 0.05) is 16.5 Å². The standard InChI is InChI=1S/C23H19N3OS/c1-4-6-7-8-9-17(5-2)21-15-28-23(25-21)26-22(27)19-13-12-18-11-10-16(3)24-20(18)14-19/h6-9,12-15H,2,4H2,1,3H3,(H,25,26,27)/b7-6-,9-8-. The highest BCUT2D eigenvalue weighted by atomic mass is 32.1. The van der Waals surface area contributed by atoms with Gasteiger partial charge in [-0.15, -0.1) is 17.1 Å². The Morgan fingerprint density at radius 1 is 1.32 bits per heavy atom. The summed E-state index contributed by atoms with van der Waals surface area (Å²) in [6, 6.07) is 11.3. The molecule has 2 aromatic heterocycles. The predicted octanol–water partition coefficient (Wildman–Crippen LogP) is 5.54. The molecule has 0 unspecified atom stereocenters. The van der Waals surface area contributed by atoms with Crippen LogP contribution in [0.5, 0.6) is 0 Å². The number of nitrogens with zero attached hydrogens (tertiary/aromatic N) is 2. The molecule has 0 aliphatic rings. The second-order valence-electron chi connectivity index (χ2n) is 5.96. The van der Waals surface area contributed by atoms with Crippen LogP contribution < -0.4 is 5.32 Å². The summed E-state index contributed by atoms with van der Waals surface area (Å²) in [5, 5.41) is 6.04. The van der Waals surface area contributed by atoms with Gasteiger partial charge in [-0.3, -0.25) is 10.1 Å². The smallest absolute Gasteiger partial charge is 0.257 e. The van der Waals surface area contributed by atoms with Gasteiger partial charge in [0.05, 0.1) is 22.3 Å². The quantitative estimate of drug-likeness (QED) is 0.447. The molecule has 0 bridgehead atoms. The van der Waals surface area contributed by atoms with Crippen LogP contribution in [0.4, 0.5) is 5.13 Å². The fraction of sp³-hybridized carbons (Fsp3) is 0.130. The largest absolute Gasteiger partial charge is 0.298 e. The topological polar surface area (TPSA) is 54.9 Å². The first-order chi connectivity index (χ1) is 13.6. The maximum atomic E-state index is 12.6. The molecule has 0 spiro atoms. The van der Waals surface area contributed by atoms with Crippen LogP contribution in [-0.4, -0.2) is 15.9 Å². The van der Waals surface area contributed by atoms with Gasteiger partial charge >= 0.3 is 0 Å². The second kappa shape index (κ2) is 8.96. The van der Waals surface area contributed by atoms with Gasteiger partial charge in [-0.05, 0) is 43.7 Å². The molecule has 2 heterocycles. The van der Waals surface area contributed by atoms with Gasteiger partial charge in [-0.1, -0.05) is 37.8 Å². The van der Waals surface area contributed by atoms with Gasteiger partial charge in [0.15, 0.2) is 5.13 Å². The first-order valence-electron chi connectivity index (χ1n) is 8.82. The van der Waals surface area contributed by atoms with E-state index < -0.39 is 0 Å². The van der Waals surface area contributed by atoms with Gasteiger partial charge in [-0.2, -0.15) is 0 Å². The van der Waals surface area contributed by atoms with Crippen LogP contribution in [0, 0.1) is 19.1 Å². The second-order valence-corrected chi connectivity index (χ2v) is 6.82. The lowest BCUT2D eigenvalue weighted by atomic mass is 10.1. The van der Waals surface area contributed by atoms with Crippen molar-refractivity contribution >= 4 is 38.9 Å². The maximum absolute atomic E-state index is 12.6. The monoisotopic (exact) mass is 385 g/mol. The van der Waals surface area contributed by atoms with Crippen molar-refractivity contribution in [1.82, 2.24) is 9.97 Å². The van der Waals surface area contributed by atoms with Gasteiger partial charge in [0.25, 0.3) is 5.91 Å². The van der Waals surface area contributed by atoms with Gasteiger partial charge in [-0.25, -0.2) is 9.97 Å². The highest BCUT2D eigenvalue weighted by Gasteiger charge is 2.11. The third-order valence-electron chi connectivity index (χ3n) is 3.86. The molecule has 0 aliphatic carbocycles. The number of anilines is 1. The Kier molecular flexibility index (Phi) is 6.18. The Morgan fingerprint density at radius 2 is 2.18 bits per heavy atom. The van der Waals surface area contributed by atoms with E-state index in [1.54, 1.807) is 12.1 Å². The predicted molar refractivity (Wildman–Crippen MR) is 115 cm³/mol. The van der Waals surface area contributed by atoms with Crippen LogP contribution in [-0.2, 0) is 0 Å². The Morgan fingerprint density at radius 3 is 2.96 bits per heavy atom. The zero-order chi connectivity index (χ0) is 19.9. The highest BCUT2D eigenvalue weighted by Crippen LogP contribution is 2.23. The van der Waals surface area contributed by atoms with Crippen LogP contribution in [0.1, 0.15) is 35.1 Å². The minimum Gasteiger partial charge on any atom is -0.298 e. The molecule has 0 saturated carbocycles. The van der Waals surface area contributed by atoms with Crippen molar-refractivity contribution in [2.45, 2.75) is 20.3 Å². The van der Waals surface area contributed by atoms with E-state index in [1.807, 2.05) is 36.6 Å². The molecule has 0 saturated heterocycles. The maximum Gasteiger partial charge on any atom is 0.257 e. The SMILES string of the molecule is C=C=C(/C=C\C=C/CC)c1csc(NC(=O)c2ccc3c#cc(C)nc3c2)n1. The van der Waals surface area contributed by atoms with Crippen LogP contribution in [0.2, 0.25) is 0 Å². The molecule has 0 aliphatic heterocycles. The summed E-state index contributed by atoms with van der Waals surface area (Å²) in [6.07, 6.45) is 8.82. The average Bonchev–Trinajstić information content (AvgIpc) is 3.15. The summed E-state index contributed by atoms with van der Waals surface area (Å²) in [6.45, 7) is 7.64. The Balaban J connectivity index is 1.75. The van der Waals surface area contributed by atoms with Crippen molar-refractivity contribution in [2.24, 2.45) is 0 Å². The van der Waals surface area contributed by atoms with Crippen LogP contribution >= 0.6 is 11.3 Å². The van der Waals surface area contributed by atoms with E-state index in [-0.39, 0.29) is 5.91 Å². The van der Waals surface area contributed by atoms with Crippen LogP contribution in [0.3, 0.4) is 0 Å². The zero-order valence-electron chi connectivity index (χ0n) is 15.7. The minimum atomic E-state index is -0.236. The number of benzene rings is 1. The van der Waals surface area contributed by atoms with Crippen molar-refractivity contribution in [3.63, 3.8) is 0 Å². The van der Waals surface area contributed by atoms with E-state index >= 15 is 0 Å². The molecule has 4 nitrogen and oxygen atoms in total. The lowest BCUT2D eigenvalue weighted by Gasteiger charge is -2.03. The van der Waals surface area contributed by atoms with Crippen molar-refractivity contribution in [2.75, 3.05) is 5.32 Å². The lowest BCUT2D eigenvalue weighted by molar-refractivity contribution is 0.102. The summed E-state index contributed by atoms with van der Waals surface area (Å²) in [4.78, 5) is 21.4. The average molecular weight is 385 g/mol. The molecule has 0 fully saturated rings. The first kappa shape index (κ1) is 19.3. The summed E-state index contributed by atoms with van der Waals surface area (Å²) < 4.78 is 0. The summed E-state index contributed by atoms with van der Waals surface area (Å²) in [5.74, 6) is -0.236. The number of aryl methyl sites for hydroxylation is 1. The normalized spacial score (nSPS) is 10.9. The van der Waals surface area contributed by atoms with E-state index in [2.05, 4.69) is 52.7 Å². The number of amides is 1. The molecule has 5 heteroatoms. The molecule has 1 aromatic carbocycles. The molecule has 138 valence electrons. The van der Waals surface area contributed by atoms with Gasteiger partial charge in [0.1, 0.15) is 0 Å². The minimum absolute atomic E-state index is 0.236. The fourth-order valence-electron chi connectivity index (χ4n) is 2.46. The van der Waals surface area contributed by atoms with E-state index in [4.69, 9.17) is 0 Å². The van der Waals surface area contributed by atoms with Crippen LogP contribution in [0.15, 0.2) is 60.2 Å². The molecule has 0 radical (unpaired) electrons. The van der Waals surface area contributed by atoms with Crippen LogP contribution in [0.25, 0.3) is 16.5 Å². The molecular formula is C23H19N3OS. The van der Waals surface area contributed by atoms with Crippen molar-refractivity contribution in [3.05, 3.63) is 89.3 Å². The molecule has 3 rings (SSSR count). The van der Waals surface area contributed by atoms with E-state index in [0.29, 0.717) is 16.2 Å².